The van der Waals surface area contributed by atoms with E-state index < -0.39 is 4.92 Å². The van der Waals surface area contributed by atoms with E-state index in [9.17, 15) is 10.1 Å². The van der Waals surface area contributed by atoms with Crippen molar-refractivity contribution in [3.8, 4) is 0 Å². The molecule has 0 aliphatic rings. The molecule has 0 saturated heterocycles. The van der Waals surface area contributed by atoms with Gasteiger partial charge in [-0.25, -0.2) is 0 Å². The summed E-state index contributed by atoms with van der Waals surface area (Å²) in [5.74, 6) is 0. The van der Waals surface area contributed by atoms with E-state index in [1.807, 2.05) is 0 Å². The van der Waals surface area contributed by atoms with E-state index in [2.05, 4.69) is 10.6 Å². The third-order valence-corrected chi connectivity index (χ3v) is 3.97. The van der Waals surface area contributed by atoms with Gasteiger partial charge in [0.1, 0.15) is 0 Å². The highest BCUT2D eigenvalue weighted by Crippen LogP contribution is 2.30. The molecule has 0 heterocycles. The molecule has 0 spiro atoms. The van der Waals surface area contributed by atoms with E-state index in [4.69, 9.17) is 35.4 Å². The lowest BCUT2D eigenvalue weighted by Gasteiger charge is -2.13. The maximum atomic E-state index is 10.9. The Kier molecular flexibility index (Phi) is 5.18. The first-order valence-corrected chi connectivity index (χ1v) is 7.32. The monoisotopic (exact) mass is 355 g/mol. The lowest BCUT2D eigenvalue weighted by atomic mass is 10.1. The predicted molar refractivity (Wildman–Crippen MR) is 94.1 cm³/mol. The summed E-state index contributed by atoms with van der Waals surface area (Å²) in [7, 11) is 0. The van der Waals surface area contributed by atoms with E-state index in [-0.39, 0.29) is 10.8 Å². The summed E-state index contributed by atoms with van der Waals surface area (Å²) in [4.78, 5) is 10.5. The normalized spacial score (nSPS) is 10.1. The van der Waals surface area contributed by atoms with Crippen molar-refractivity contribution in [2.24, 2.45) is 0 Å². The smallest absolute Gasteiger partial charge is 0.274 e. The molecule has 8 heteroatoms. The van der Waals surface area contributed by atoms with Gasteiger partial charge in [0, 0.05) is 6.07 Å². The van der Waals surface area contributed by atoms with Gasteiger partial charge in [-0.2, -0.15) is 0 Å². The highest BCUT2D eigenvalue weighted by Gasteiger charge is 2.14. The molecule has 0 radical (unpaired) electrons. The van der Waals surface area contributed by atoms with Crippen molar-refractivity contribution in [2.75, 3.05) is 10.6 Å². The molecule has 0 amide bonds. The number of thiocarbonyl (C=S) groups is 1. The lowest BCUT2D eigenvalue weighted by Crippen LogP contribution is -2.20. The molecular formula is C14H11Cl2N3O2S. The SMILES string of the molecule is Cc1c(NC(=S)Nc2cccc(Cl)c2Cl)cccc1[N+](=O)[O-]. The minimum absolute atomic E-state index is 0.0218. The highest BCUT2D eigenvalue weighted by molar-refractivity contribution is 7.80. The van der Waals surface area contributed by atoms with Crippen molar-refractivity contribution < 1.29 is 4.92 Å². The molecule has 2 N–H and O–H groups in total. The molecule has 22 heavy (non-hydrogen) atoms. The number of rotatable bonds is 3. The number of nitrogens with zero attached hydrogens (tertiary/aromatic N) is 1. The Hall–Kier alpha value is -1.89. The molecule has 0 fully saturated rings. The van der Waals surface area contributed by atoms with E-state index >= 15 is 0 Å². The van der Waals surface area contributed by atoms with E-state index in [0.29, 0.717) is 27.0 Å². The molecule has 5 nitrogen and oxygen atoms in total. The van der Waals surface area contributed by atoms with Gasteiger partial charge in [0.05, 0.1) is 31.9 Å². The quantitative estimate of drug-likeness (QED) is 0.459. The number of nitro groups is 1. The van der Waals surface area contributed by atoms with Crippen LogP contribution in [0, 0.1) is 17.0 Å². The van der Waals surface area contributed by atoms with Crippen LogP contribution in [0.5, 0.6) is 0 Å². The van der Waals surface area contributed by atoms with E-state index in [1.54, 1.807) is 37.3 Å². The third-order valence-electron chi connectivity index (χ3n) is 2.95. The first-order valence-electron chi connectivity index (χ1n) is 6.16. The molecular weight excluding hydrogens is 345 g/mol. The average molecular weight is 356 g/mol. The van der Waals surface area contributed by atoms with Crippen LogP contribution in [0.3, 0.4) is 0 Å². The van der Waals surface area contributed by atoms with Crippen LogP contribution in [0.2, 0.25) is 10.0 Å². The second-order valence-corrected chi connectivity index (χ2v) is 5.58. The Morgan fingerprint density at radius 2 is 1.73 bits per heavy atom. The van der Waals surface area contributed by atoms with Crippen LogP contribution < -0.4 is 10.6 Å². The fourth-order valence-electron chi connectivity index (χ4n) is 1.83. The standard InChI is InChI=1S/C14H11Cl2N3O2S/c1-8-10(5-3-7-12(8)19(20)21)17-14(22)18-11-6-2-4-9(15)13(11)16/h2-7H,1H3,(H2,17,18,22). The van der Waals surface area contributed by atoms with Crippen LogP contribution in [0.1, 0.15) is 5.56 Å². The number of halogens is 2. The van der Waals surface area contributed by atoms with E-state index in [0.717, 1.165) is 0 Å². The topological polar surface area (TPSA) is 67.2 Å². The van der Waals surface area contributed by atoms with Crippen LogP contribution in [0.4, 0.5) is 17.1 Å². The number of nitrogens with one attached hydrogen (secondary N) is 2. The van der Waals surface area contributed by atoms with Crippen LogP contribution >= 0.6 is 35.4 Å². The number of anilines is 2. The molecule has 2 rings (SSSR count). The van der Waals surface area contributed by atoms with Gasteiger partial charge >= 0.3 is 0 Å². The summed E-state index contributed by atoms with van der Waals surface area (Å²) in [6.07, 6.45) is 0. The number of hydrogen-bond acceptors (Lipinski definition) is 3. The maximum Gasteiger partial charge on any atom is 0.274 e. The zero-order valence-electron chi connectivity index (χ0n) is 11.4. The van der Waals surface area contributed by atoms with Crippen molar-refractivity contribution in [1.29, 1.82) is 0 Å². The molecule has 0 bridgehead atoms. The van der Waals surface area contributed by atoms with Gasteiger partial charge in [-0.15, -0.1) is 0 Å². The Morgan fingerprint density at radius 3 is 2.41 bits per heavy atom. The lowest BCUT2D eigenvalue weighted by molar-refractivity contribution is -0.385. The average Bonchev–Trinajstić information content (AvgIpc) is 2.46. The molecule has 0 aromatic heterocycles. The summed E-state index contributed by atoms with van der Waals surface area (Å²) in [5.41, 5.74) is 1.61. The first-order chi connectivity index (χ1) is 10.4. The fourth-order valence-corrected chi connectivity index (χ4v) is 2.40. The first kappa shape index (κ1) is 16.5. The van der Waals surface area contributed by atoms with Crippen molar-refractivity contribution >= 4 is 57.6 Å². The van der Waals surface area contributed by atoms with Crippen LogP contribution in [0.25, 0.3) is 0 Å². The summed E-state index contributed by atoms with van der Waals surface area (Å²) in [6, 6.07) is 9.85. The van der Waals surface area contributed by atoms with Crippen LogP contribution in [-0.4, -0.2) is 10.0 Å². The highest BCUT2D eigenvalue weighted by atomic mass is 35.5. The van der Waals surface area contributed by atoms with Crippen LogP contribution in [0.15, 0.2) is 36.4 Å². The second kappa shape index (κ2) is 6.91. The summed E-state index contributed by atoms with van der Waals surface area (Å²) in [5, 5.41) is 17.8. The zero-order valence-corrected chi connectivity index (χ0v) is 13.7. The summed E-state index contributed by atoms with van der Waals surface area (Å²) >= 11 is 17.2. The Bertz CT molecular complexity index is 753. The third kappa shape index (κ3) is 3.65. The molecule has 0 aliphatic heterocycles. The van der Waals surface area contributed by atoms with Gasteiger partial charge in [-0.05, 0) is 37.3 Å². The zero-order chi connectivity index (χ0) is 16.3. The van der Waals surface area contributed by atoms with E-state index in [1.165, 1.54) is 6.07 Å². The molecule has 0 saturated carbocycles. The van der Waals surface area contributed by atoms with Gasteiger partial charge in [0.15, 0.2) is 5.11 Å². The van der Waals surface area contributed by atoms with Crippen molar-refractivity contribution in [3.05, 3.63) is 62.1 Å². The Labute approximate surface area is 142 Å². The molecule has 0 aliphatic carbocycles. The Morgan fingerprint density at radius 1 is 1.14 bits per heavy atom. The summed E-state index contributed by atoms with van der Waals surface area (Å²) < 4.78 is 0. The van der Waals surface area contributed by atoms with Crippen molar-refractivity contribution in [1.82, 2.24) is 0 Å². The fraction of sp³-hybridized carbons (Fsp3) is 0.0714. The maximum absolute atomic E-state index is 10.9. The molecule has 0 unspecified atom stereocenters. The van der Waals surface area contributed by atoms with Crippen molar-refractivity contribution in [3.63, 3.8) is 0 Å². The van der Waals surface area contributed by atoms with Crippen LogP contribution in [-0.2, 0) is 0 Å². The molecule has 2 aromatic rings. The van der Waals surface area contributed by atoms with Gasteiger partial charge in [0.25, 0.3) is 5.69 Å². The minimum atomic E-state index is -0.440. The van der Waals surface area contributed by atoms with Gasteiger partial charge in [-0.1, -0.05) is 35.3 Å². The molecule has 2 aromatic carbocycles. The second-order valence-electron chi connectivity index (χ2n) is 4.39. The molecule has 114 valence electrons. The van der Waals surface area contributed by atoms with Gasteiger partial charge in [-0.3, -0.25) is 10.1 Å². The number of nitro benzene ring substituents is 1. The predicted octanol–water partition coefficient (Wildman–Crippen LogP) is 5.02. The number of benzene rings is 2. The number of hydrogen-bond donors (Lipinski definition) is 2. The van der Waals surface area contributed by atoms with Gasteiger partial charge in [0.2, 0.25) is 0 Å². The Balaban J connectivity index is 2.18. The van der Waals surface area contributed by atoms with Crippen molar-refractivity contribution in [2.45, 2.75) is 6.92 Å². The van der Waals surface area contributed by atoms with Gasteiger partial charge < -0.3 is 10.6 Å². The summed E-state index contributed by atoms with van der Waals surface area (Å²) in [6.45, 7) is 1.65. The minimum Gasteiger partial charge on any atom is -0.332 e. The molecule has 0 atom stereocenters. The largest absolute Gasteiger partial charge is 0.332 e.